The van der Waals surface area contributed by atoms with E-state index >= 15 is 0 Å². The maximum atomic E-state index is 10.1. The molecule has 0 radical (unpaired) electrons. The number of ether oxygens (including phenoxy) is 1. The van der Waals surface area contributed by atoms with Gasteiger partial charge in [-0.15, -0.1) is 0 Å². The van der Waals surface area contributed by atoms with Crippen molar-refractivity contribution in [3.63, 3.8) is 0 Å². The molecule has 0 atom stereocenters. The van der Waals surface area contributed by atoms with Crippen LogP contribution in [-0.2, 0) is 4.79 Å². The zero-order valence-electron chi connectivity index (χ0n) is 7.31. The first-order chi connectivity index (χ1) is 6.79. The molecule has 0 fully saturated rings. The Morgan fingerprint density at radius 2 is 2.14 bits per heavy atom. The molecule has 0 bridgehead atoms. The Bertz CT molecular complexity index is 483. The van der Waals surface area contributed by atoms with Gasteiger partial charge in [0.1, 0.15) is 11.6 Å². The van der Waals surface area contributed by atoms with Crippen LogP contribution < -0.4 is 10.5 Å². The van der Waals surface area contributed by atoms with Gasteiger partial charge in [-0.25, -0.2) is 4.98 Å². The molecule has 0 unspecified atom stereocenters. The highest BCUT2D eigenvalue weighted by molar-refractivity contribution is 5.81. The van der Waals surface area contributed by atoms with E-state index in [4.69, 9.17) is 10.5 Å². The first kappa shape index (κ1) is 8.50. The average molecular weight is 188 g/mol. The van der Waals surface area contributed by atoms with Crippen molar-refractivity contribution in [3.8, 4) is 5.75 Å². The molecule has 2 rings (SSSR count). The molecule has 0 spiro atoms. The second kappa shape index (κ2) is 3.33. The van der Waals surface area contributed by atoms with Crippen molar-refractivity contribution in [2.75, 3.05) is 5.73 Å². The van der Waals surface area contributed by atoms with E-state index in [1.165, 1.54) is 0 Å². The number of benzene rings is 1. The van der Waals surface area contributed by atoms with Crippen molar-refractivity contribution in [2.24, 2.45) is 0 Å². The van der Waals surface area contributed by atoms with Gasteiger partial charge in [-0.05, 0) is 30.3 Å². The number of anilines is 1. The van der Waals surface area contributed by atoms with Crippen LogP contribution in [-0.4, -0.2) is 11.5 Å². The summed E-state index contributed by atoms with van der Waals surface area (Å²) in [6, 6.07) is 8.69. The topological polar surface area (TPSA) is 65.2 Å². The number of nitrogens with zero attached hydrogens (tertiary/aromatic N) is 1. The van der Waals surface area contributed by atoms with Gasteiger partial charge >= 0.3 is 0 Å². The standard InChI is InChI=1S/C10H8N2O2/c11-10-4-1-7-5-8(14-6-13)2-3-9(7)12-10/h1-6H,(H2,11,12). The summed E-state index contributed by atoms with van der Waals surface area (Å²) in [5, 5.41) is 0.888. The Hall–Kier alpha value is -2.10. The smallest absolute Gasteiger partial charge is 0.298 e. The number of carbonyl (C=O) groups is 1. The molecular weight excluding hydrogens is 180 g/mol. The lowest BCUT2D eigenvalue weighted by Crippen LogP contribution is -1.91. The summed E-state index contributed by atoms with van der Waals surface area (Å²) in [6.45, 7) is 0.395. The molecule has 4 heteroatoms. The fourth-order valence-corrected chi connectivity index (χ4v) is 1.25. The van der Waals surface area contributed by atoms with E-state index in [1.807, 2.05) is 6.07 Å². The molecule has 0 aliphatic carbocycles. The van der Waals surface area contributed by atoms with Crippen LogP contribution in [0, 0.1) is 0 Å². The van der Waals surface area contributed by atoms with Gasteiger partial charge in [-0.1, -0.05) is 0 Å². The lowest BCUT2D eigenvalue weighted by molar-refractivity contribution is -0.120. The van der Waals surface area contributed by atoms with E-state index in [1.54, 1.807) is 24.3 Å². The predicted molar refractivity (Wildman–Crippen MR) is 52.8 cm³/mol. The van der Waals surface area contributed by atoms with Crippen LogP contribution >= 0.6 is 0 Å². The van der Waals surface area contributed by atoms with Gasteiger partial charge in [-0.3, -0.25) is 4.79 Å². The number of hydrogen-bond acceptors (Lipinski definition) is 4. The quantitative estimate of drug-likeness (QED) is 0.722. The Kier molecular flexibility index (Phi) is 2.02. The Morgan fingerprint density at radius 3 is 2.93 bits per heavy atom. The van der Waals surface area contributed by atoms with Crippen LogP contribution in [0.2, 0.25) is 0 Å². The fraction of sp³-hybridized carbons (Fsp3) is 0. The normalized spacial score (nSPS) is 10.0. The summed E-state index contributed by atoms with van der Waals surface area (Å²) in [5.41, 5.74) is 6.30. The second-order valence-corrected chi connectivity index (χ2v) is 2.80. The van der Waals surface area contributed by atoms with Gasteiger partial charge in [0, 0.05) is 5.39 Å². The molecule has 0 saturated carbocycles. The summed E-state index contributed by atoms with van der Waals surface area (Å²) in [6.07, 6.45) is 0. The van der Waals surface area contributed by atoms with Crippen molar-refractivity contribution in [1.82, 2.24) is 4.98 Å². The van der Waals surface area contributed by atoms with Crippen LogP contribution in [0.5, 0.6) is 5.75 Å². The van der Waals surface area contributed by atoms with Crippen LogP contribution in [0.4, 0.5) is 5.82 Å². The number of pyridine rings is 1. The third-order valence-corrected chi connectivity index (χ3v) is 1.87. The SMILES string of the molecule is Nc1ccc2cc(OC=O)ccc2n1. The Balaban J connectivity index is 2.55. The number of rotatable bonds is 2. The zero-order valence-corrected chi connectivity index (χ0v) is 7.31. The number of fused-ring (bicyclic) bond motifs is 1. The minimum absolute atomic E-state index is 0.395. The third kappa shape index (κ3) is 1.50. The molecule has 1 aromatic carbocycles. The monoisotopic (exact) mass is 188 g/mol. The van der Waals surface area contributed by atoms with E-state index < -0.39 is 0 Å². The van der Waals surface area contributed by atoms with E-state index in [0.717, 1.165) is 10.9 Å². The summed E-state index contributed by atoms with van der Waals surface area (Å²) in [7, 11) is 0. The third-order valence-electron chi connectivity index (χ3n) is 1.87. The van der Waals surface area contributed by atoms with E-state index in [9.17, 15) is 4.79 Å². The van der Waals surface area contributed by atoms with E-state index in [-0.39, 0.29) is 0 Å². The number of nitrogen functional groups attached to an aromatic ring is 1. The number of hydrogen-bond donors (Lipinski definition) is 1. The van der Waals surface area contributed by atoms with Crippen LogP contribution in [0.1, 0.15) is 0 Å². The summed E-state index contributed by atoms with van der Waals surface area (Å²) >= 11 is 0. The minimum atomic E-state index is 0.395. The molecule has 1 heterocycles. The van der Waals surface area contributed by atoms with Crippen LogP contribution in [0.25, 0.3) is 10.9 Å². The van der Waals surface area contributed by atoms with E-state index in [0.29, 0.717) is 18.0 Å². The van der Waals surface area contributed by atoms with E-state index in [2.05, 4.69) is 4.98 Å². The predicted octanol–water partition coefficient (Wildman–Crippen LogP) is 1.35. The highest BCUT2D eigenvalue weighted by Gasteiger charge is 1.98. The largest absolute Gasteiger partial charge is 0.429 e. The highest BCUT2D eigenvalue weighted by atomic mass is 16.5. The fourth-order valence-electron chi connectivity index (χ4n) is 1.25. The molecule has 0 amide bonds. The maximum absolute atomic E-state index is 10.1. The minimum Gasteiger partial charge on any atom is -0.429 e. The number of aromatic nitrogens is 1. The molecule has 2 aromatic rings. The average Bonchev–Trinajstić information content (AvgIpc) is 2.19. The second-order valence-electron chi connectivity index (χ2n) is 2.80. The van der Waals surface area contributed by atoms with Gasteiger partial charge < -0.3 is 10.5 Å². The number of carbonyl (C=O) groups excluding carboxylic acids is 1. The maximum Gasteiger partial charge on any atom is 0.298 e. The Labute approximate surface area is 80.3 Å². The first-order valence-electron chi connectivity index (χ1n) is 4.06. The molecule has 0 aliphatic heterocycles. The molecule has 2 N–H and O–H groups in total. The van der Waals surface area contributed by atoms with Crippen molar-refractivity contribution in [3.05, 3.63) is 30.3 Å². The van der Waals surface area contributed by atoms with Gasteiger partial charge in [-0.2, -0.15) is 0 Å². The summed E-state index contributed by atoms with van der Waals surface area (Å²) in [5.74, 6) is 0.973. The van der Waals surface area contributed by atoms with Crippen molar-refractivity contribution in [2.45, 2.75) is 0 Å². The molecule has 4 nitrogen and oxygen atoms in total. The molecule has 0 aliphatic rings. The van der Waals surface area contributed by atoms with Gasteiger partial charge in [0.2, 0.25) is 0 Å². The van der Waals surface area contributed by atoms with Gasteiger partial charge in [0.15, 0.2) is 0 Å². The first-order valence-corrected chi connectivity index (χ1v) is 4.06. The molecule has 70 valence electrons. The van der Waals surface area contributed by atoms with Crippen molar-refractivity contribution < 1.29 is 9.53 Å². The Morgan fingerprint density at radius 1 is 1.29 bits per heavy atom. The lowest BCUT2D eigenvalue weighted by Gasteiger charge is -2.01. The van der Waals surface area contributed by atoms with Crippen molar-refractivity contribution in [1.29, 1.82) is 0 Å². The molecule has 1 aromatic heterocycles. The van der Waals surface area contributed by atoms with Crippen molar-refractivity contribution >= 4 is 23.2 Å². The highest BCUT2D eigenvalue weighted by Crippen LogP contribution is 2.19. The molecule has 0 saturated heterocycles. The molecule has 14 heavy (non-hydrogen) atoms. The zero-order chi connectivity index (χ0) is 9.97. The number of nitrogens with two attached hydrogens (primary N) is 1. The van der Waals surface area contributed by atoms with Gasteiger partial charge in [0.25, 0.3) is 6.47 Å². The van der Waals surface area contributed by atoms with Gasteiger partial charge in [0.05, 0.1) is 5.52 Å². The lowest BCUT2D eigenvalue weighted by atomic mass is 10.2. The summed E-state index contributed by atoms with van der Waals surface area (Å²) < 4.78 is 4.70. The summed E-state index contributed by atoms with van der Waals surface area (Å²) in [4.78, 5) is 14.2. The molecular formula is C10H8N2O2. The van der Waals surface area contributed by atoms with Crippen LogP contribution in [0.3, 0.4) is 0 Å². The van der Waals surface area contributed by atoms with Crippen LogP contribution in [0.15, 0.2) is 30.3 Å².